The molecule has 0 aliphatic carbocycles. The molecule has 1 aromatic carbocycles. The molecule has 0 saturated heterocycles. The van der Waals surface area contributed by atoms with Crippen LogP contribution in [0, 0.1) is 6.92 Å². The van der Waals surface area contributed by atoms with Crippen molar-refractivity contribution >= 4 is 5.91 Å². The fourth-order valence-corrected chi connectivity index (χ4v) is 3.30. The quantitative estimate of drug-likeness (QED) is 0.487. The van der Waals surface area contributed by atoms with Gasteiger partial charge in [0, 0.05) is 53.7 Å². The lowest BCUT2D eigenvalue weighted by molar-refractivity contribution is 0.0951. The largest absolute Gasteiger partial charge is 0.348 e. The van der Waals surface area contributed by atoms with E-state index in [2.05, 4.69) is 33.3 Å². The Bertz CT molecular complexity index is 1170. The summed E-state index contributed by atoms with van der Waals surface area (Å²) < 4.78 is 0. The zero-order chi connectivity index (χ0) is 21.6. The second-order valence-corrected chi connectivity index (χ2v) is 7.44. The van der Waals surface area contributed by atoms with Gasteiger partial charge >= 0.3 is 0 Å². The summed E-state index contributed by atoms with van der Waals surface area (Å²) in [5.41, 5.74) is 7.27. The summed E-state index contributed by atoms with van der Waals surface area (Å²) in [5.74, 6) is -0.141. The number of carbonyl (C=O) groups is 1. The predicted molar refractivity (Wildman–Crippen MR) is 122 cm³/mol. The number of rotatable bonds is 6. The Morgan fingerprint density at radius 3 is 2.35 bits per heavy atom. The maximum atomic E-state index is 13.0. The normalized spacial score (nSPS) is 10.6. The van der Waals surface area contributed by atoms with Crippen LogP contribution in [0.2, 0.25) is 0 Å². The van der Waals surface area contributed by atoms with Crippen LogP contribution >= 0.6 is 0 Å². The highest BCUT2D eigenvalue weighted by molar-refractivity contribution is 5.97. The summed E-state index contributed by atoms with van der Waals surface area (Å²) in [6.45, 7) is 4.46. The van der Waals surface area contributed by atoms with Crippen LogP contribution < -0.4 is 5.32 Å². The van der Waals surface area contributed by atoms with E-state index in [1.54, 1.807) is 18.6 Å². The van der Waals surface area contributed by atoms with Gasteiger partial charge in [0.1, 0.15) is 0 Å². The summed E-state index contributed by atoms with van der Waals surface area (Å²) in [4.78, 5) is 26.1. The standard InChI is InChI=1S/C26H24N4O/c1-3-19-8-9-25(29-14-19)23-11-22(21-5-4-10-27-17-21)12-24(13-23)26(31)30-16-20-7-6-18(2)28-15-20/h4-15,17H,3,16H2,1-2H3,(H,30,31). The maximum absolute atomic E-state index is 13.0. The highest BCUT2D eigenvalue weighted by atomic mass is 16.1. The molecule has 0 aliphatic heterocycles. The smallest absolute Gasteiger partial charge is 0.251 e. The van der Waals surface area contributed by atoms with Gasteiger partial charge < -0.3 is 5.32 Å². The Morgan fingerprint density at radius 2 is 1.68 bits per heavy atom. The molecule has 31 heavy (non-hydrogen) atoms. The van der Waals surface area contributed by atoms with E-state index in [4.69, 9.17) is 0 Å². The first-order chi connectivity index (χ1) is 15.1. The number of aromatic nitrogens is 3. The van der Waals surface area contributed by atoms with Crippen LogP contribution in [0.1, 0.15) is 34.1 Å². The Balaban J connectivity index is 1.66. The summed E-state index contributed by atoms with van der Waals surface area (Å²) in [7, 11) is 0. The molecule has 0 atom stereocenters. The molecule has 0 spiro atoms. The number of pyridine rings is 3. The van der Waals surface area contributed by atoms with E-state index in [0.717, 1.165) is 40.1 Å². The fraction of sp³-hybridized carbons (Fsp3) is 0.154. The van der Waals surface area contributed by atoms with Gasteiger partial charge in [-0.05, 0) is 66.4 Å². The minimum Gasteiger partial charge on any atom is -0.348 e. The van der Waals surface area contributed by atoms with Gasteiger partial charge in [-0.25, -0.2) is 0 Å². The first-order valence-corrected chi connectivity index (χ1v) is 10.3. The summed E-state index contributed by atoms with van der Waals surface area (Å²) in [6, 6.07) is 17.7. The summed E-state index contributed by atoms with van der Waals surface area (Å²) >= 11 is 0. The molecule has 0 fully saturated rings. The van der Waals surface area contributed by atoms with Crippen LogP contribution in [-0.4, -0.2) is 20.9 Å². The van der Waals surface area contributed by atoms with Crippen molar-refractivity contribution in [3.8, 4) is 22.4 Å². The van der Waals surface area contributed by atoms with Crippen LogP contribution in [0.25, 0.3) is 22.4 Å². The molecule has 0 aliphatic rings. The van der Waals surface area contributed by atoms with Gasteiger partial charge in [0.2, 0.25) is 0 Å². The second-order valence-electron chi connectivity index (χ2n) is 7.44. The van der Waals surface area contributed by atoms with E-state index in [1.807, 2.05) is 61.7 Å². The van der Waals surface area contributed by atoms with Gasteiger partial charge in [0.15, 0.2) is 0 Å². The number of nitrogens with one attached hydrogen (secondary N) is 1. The van der Waals surface area contributed by atoms with E-state index >= 15 is 0 Å². The molecule has 0 radical (unpaired) electrons. The van der Waals surface area contributed by atoms with E-state index in [9.17, 15) is 4.79 Å². The van der Waals surface area contributed by atoms with Crippen LogP contribution in [-0.2, 0) is 13.0 Å². The predicted octanol–water partition coefficient (Wildman–Crippen LogP) is 5.01. The van der Waals surface area contributed by atoms with Gasteiger partial charge in [-0.3, -0.25) is 19.7 Å². The van der Waals surface area contributed by atoms with Crippen molar-refractivity contribution in [2.24, 2.45) is 0 Å². The first kappa shape index (κ1) is 20.4. The monoisotopic (exact) mass is 408 g/mol. The molecule has 1 N–H and O–H groups in total. The number of benzene rings is 1. The van der Waals surface area contributed by atoms with Crippen LogP contribution in [0.4, 0.5) is 0 Å². The Hall–Kier alpha value is -3.86. The Morgan fingerprint density at radius 1 is 0.871 bits per heavy atom. The van der Waals surface area contributed by atoms with E-state index < -0.39 is 0 Å². The van der Waals surface area contributed by atoms with Gasteiger partial charge in [-0.15, -0.1) is 0 Å². The number of aryl methyl sites for hydroxylation is 2. The van der Waals surface area contributed by atoms with E-state index in [1.165, 1.54) is 5.56 Å². The van der Waals surface area contributed by atoms with Crippen molar-refractivity contribution < 1.29 is 4.79 Å². The molecule has 4 rings (SSSR count). The summed E-state index contributed by atoms with van der Waals surface area (Å²) in [6.07, 6.45) is 8.14. The number of carbonyl (C=O) groups excluding carboxylic acids is 1. The third-order valence-electron chi connectivity index (χ3n) is 5.14. The van der Waals surface area contributed by atoms with Crippen molar-refractivity contribution in [3.63, 3.8) is 0 Å². The fourth-order valence-electron chi connectivity index (χ4n) is 3.30. The van der Waals surface area contributed by atoms with Crippen LogP contribution in [0.3, 0.4) is 0 Å². The number of hydrogen-bond donors (Lipinski definition) is 1. The lowest BCUT2D eigenvalue weighted by Gasteiger charge is -2.11. The number of nitrogens with zero attached hydrogens (tertiary/aromatic N) is 3. The SMILES string of the molecule is CCc1ccc(-c2cc(C(=O)NCc3ccc(C)nc3)cc(-c3cccnc3)c2)nc1. The number of amides is 1. The lowest BCUT2D eigenvalue weighted by atomic mass is 9.98. The molecular weight excluding hydrogens is 384 g/mol. The third-order valence-corrected chi connectivity index (χ3v) is 5.14. The third kappa shape index (κ3) is 5.01. The first-order valence-electron chi connectivity index (χ1n) is 10.3. The molecule has 3 aromatic heterocycles. The Labute approximate surface area is 182 Å². The van der Waals surface area contributed by atoms with E-state index in [0.29, 0.717) is 12.1 Å². The van der Waals surface area contributed by atoms with Crippen molar-refractivity contribution in [1.82, 2.24) is 20.3 Å². The van der Waals surface area contributed by atoms with Crippen molar-refractivity contribution in [2.75, 3.05) is 0 Å². The maximum Gasteiger partial charge on any atom is 0.251 e. The second kappa shape index (κ2) is 9.30. The van der Waals surface area contributed by atoms with Crippen LogP contribution in [0.5, 0.6) is 0 Å². The van der Waals surface area contributed by atoms with Gasteiger partial charge in [0.25, 0.3) is 5.91 Å². The van der Waals surface area contributed by atoms with Gasteiger partial charge in [0.05, 0.1) is 5.69 Å². The molecule has 0 unspecified atom stereocenters. The molecule has 0 saturated carbocycles. The van der Waals surface area contributed by atoms with Crippen molar-refractivity contribution in [3.05, 3.63) is 102 Å². The highest BCUT2D eigenvalue weighted by Crippen LogP contribution is 2.27. The molecule has 1 amide bonds. The minimum absolute atomic E-state index is 0.141. The molecule has 154 valence electrons. The minimum atomic E-state index is -0.141. The molecule has 5 heteroatoms. The zero-order valence-corrected chi connectivity index (χ0v) is 17.7. The molecule has 0 bridgehead atoms. The molecule has 3 heterocycles. The van der Waals surface area contributed by atoms with Gasteiger partial charge in [-0.1, -0.05) is 25.1 Å². The highest BCUT2D eigenvalue weighted by Gasteiger charge is 2.12. The Kier molecular flexibility index (Phi) is 6.13. The van der Waals surface area contributed by atoms with Gasteiger partial charge in [-0.2, -0.15) is 0 Å². The topological polar surface area (TPSA) is 67.8 Å². The molecular formula is C26H24N4O. The molecule has 4 aromatic rings. The zero-order valence-electron chi connectivity index (χ0n) is 17.7. The summed E-state index contributed by atoms with van der Waals surface area (Å²) in [5, 5.41) is 3.00. The van der Waals surface area contributed by atoms with Crippen LogP contribution in [0.15, 0.2) is 79.4 Å². The van der Waals surface area contributed by atoms with Crippen molar-refractivity contribution in [1.29, 1.82) is 0 Å². The number of hydrogen-bond acceptors (Lipinski definition) is 4. The average molecular weight is 409 g/mol. The lowest BCUT2D eigenvalue weighted by Crippen LogP contribution is -2.23. The van der Waals surface area contributed by atoms with Crippen molar-refractivity contribution in [2.45, 2.75) is 26.8 Å². The van der Waals surface area contributed by atoms with E-state index in [-0.39, 0.29) is 5.91 Å². The molecule has 5 nitrogen and oxygen atoms in total. The average Bonchev–Trinajstić information content (AvgIpc) is 2.84.